The second-order valence-electron chi connectivity index (χ2n) is 5.95. The molecule has 0 aliphatic heterocycles. The van der Waals surface area contributed by atoms with Crippen LogP contribution in [0.25, 0.3) is 22.4 Å². The Hall–Kier alpha value is -3.55. The van der Waals surface area contributed by atoms with Crippen molar-refractivity contribution in [2.24, 2.45) is 0 Å². The fraction of sp³-hybridized carbons (Fsp3) is 0.200. The first kappa shape index (κ1) is 17.8. The number of aromatic amines is 1. The first-order valence-electron chi connectivity index (χ1n) is 8.72. The van der Waals surface area contributed by atoms with Gasteiger partial charge < -0.3 is 14.5 Å². The fourth-order valence-electron chi connectivity index (χ4n) is 2.93. The molecule has 4 heterocycles. The molecule has 28 heavy (non-hydrogen) atoms. The van der Waals surface area contributed by atoms with Crippen molar-refractivity contribution >= 4 is 11.0 Å². The summed E-state index contributed by atoms with van der Waals surface area (Å²) in [6.45, 7) is 2.36. The van der Waals surface area contributed by atoms with Crippen molar-refractivity contribution in [3.8, 4) is 23.1 Å². The van der Waals surface area contributed by atoms with E-state index in [1.165, 1.54) is 13.4 Å². The second kappa shape index (κ2) is 7.59. The van der Waals surface area contributed by atoms with Crippen molar-refractivity contribution in [3.63, 3.8) is 0 Å². The maximum absolute atomic E-state index is 14.7. The van der Waals surface area contributed by atoms with Gasteiger partial charge in [-0.15, -0.1) is 0 Å². The number of pyridine rings is 2. The van der Waals surface area contributed by atoms with Crippen LogP contribution in [0.2, 0.25) is 0 Å². The van der Waals surface area contributed by atoms with Gasteiger partial charge in [-0.05, 0) is 24.6 Å². The first-order chi connectivity index (χ1) is 13.7. The van der Waals surface area contributed by atoms with E-state index in [1.807, 2.05) is 6.92 Å². The van der Waals surface area contributed by atoms with Gasteiger partial charge in [0.25, 0.3) is 0 Å². The molecule has 141 valence electrons. The lowest BCUT2D eigenvalue weighted by molar-refractivity contribution is 0.330. The number of methoxy groups -OCH3 is 1. The molecule has 4 aromatic heterocycles. The van der Waals surface area contributed by atoms with E-state index in [2.05, 4.69) is 31.0 Å². The van der Waals surface area contributed by atoms with Crippen molar-refractivity contribution in [2.75, 3.05) is 13.7 Å². The fourth-order valence-corrected chi connectivity index (χ4v) is 2.93. The van der Waals surface area contributed by atoms with Gasteiger partial charge in [0.05, 0.1) is 24.8 Å². The van der Waals surface area contributed by atoms with Crippen molar-refractivity contribution in [3.05, 3.63) is 59.9 Å². The largest absolute Gasteiger partial charge is 0.481 e. The molecule has 4 aromatic rings. The normalized spacial score (nSPS) is 11.0. The molecule has 0 aliphatic rings. The third kappa shape index (κ3) is 3.36. The van der Waals surface area contributed by atoms with Crippen LogP contribution in [0, 0.1) is 12.0 Å². The van der Waals surface area contributed by atoms with Gasteiger partial charge in [0.1, 0.15) is 17.7 Å². The van der Waals surface area contributed by atoms with Crippen LogP contribution in [0.3, 0.4) is 0 Å². The summed E-state index contributed by atoms with van der Waals surface area (Å²) in [5, 5.41) is 0.746. The summed E-state index contributed by atoms with van der Waals surface area (Å²) < 4.78 is 25.4. The molecular formula is C20H17FN5O2. The number of nitrogens with one attached hydrogen (secondary N) is 1. The highest BCUT2D eigenvalue weighted by Gasteiger charge is 2.15. The third-order valence-electron chi connectivity index (χ3n) is 4.22. The van der Waals surface area contributed by atoms with E-state index in [0.29, 0.717) is 47.4 Å². The number of nitrogens with zero attached hydrogens (tertiary/aromatic N) is 4. The van der Waals surface area contributed by atoms with Crippen LogP contribution in [0.5, 0.6) is 11.8 Å². The number of aromatic nitrogens is 5. The summed E-state index contributed by atoms with van der Waals surface area (Å²) in [5.74, 6) is 0.325. The maximum atomic E-state index is 14.7. The van der Waals surface area contributed by atoms with E-state index in [1.54, 1.807) is 30.5 Å². The van der Waals surface area contributed by atoms with Crippen LogP contribution >= 0.6 is 0 Å². The molecule has 0 aromatic carbocycles. The Balaban J connectivity index is 1.67. The van der Waals surface area contributed by atoms with Crippen molar-refractivity contribution in [2.45, 2.75) is 13.3 Å². The second-order valence-corrected chi connectivity index (χ2v) is 5.95. The van der Waals surface area contributed by atoms with Gasteiger partial charge in [-0.25, -0.2) is 19.9 Å². The highest BCUT2D eigenvalue weighted by atomic mass is 19.1. The number of hydrogen-bond acceptors (Lipinski definition) is 6. The van der Waals surface area contributed by atoms with Crippen LogP contribution in [0.4, 0.5) is 4.39 Å². The number of H-pyrrole nitrogens is 1. The quantitative estimate of drug-likeness (QED) is 0.518. The molecule has 0 amide bonds. The summed E-state index contributed by atoms with van der Waals surface area (Å²) in [7, 11) is 1.52. The summed E-state index contributed by atoms with van der Waals surface area (Å²) in [5.41, 5.74) is 2.73. The standard InChI is InChI=1S/C20H17FN5O2/c1-3-28-20-17-13(10-22-19(17)23-11-24-20)9-12-7-8-15(26-18(12)21)14-5-4-6-16(25-14)27-2/h4,6-8,10-11H,3,9H2,1-2H3,(H,22,23,24). The molecular weight excluding hydrogens is 361 g/mol. The zero-order chi connectivity index (χ0) is 19.5. The Kier molecular flexibility index (Phi) is 4.84. The van der Waals surface area contributed by atoms with Crippen molar-refractivity contribution in [1.82, 2.24) is 24.9 Å². The molecule has 1 N–H and O–H groups in total. The number of halogens is 1. The van der Waals surface area contributed by atoms with Crippen LogP contribution in [-0.2, 0) is 6.42 Å². The molecule has 0 fully saturated rings. The minimum absolute atomic E-state index is 0.321. The zero-order valence-electron chi connectivity index (χ0n) is 15.4. The van der Waals surface area contributed by atoms with Crippen molar-refractivity contribution < 1.29 is 13.9 Å². The number of fused-ring (bicyclic) bond motifs is 1. The van der Waals surface area contributed by atoms with E-state index < -0.39 is 5.95 Å². The summed E-state index contributed by atoms with van der Waals surface area (Å²) >= 11 is 0. The molecule has 1 radical (unpaired) electrons. The Labute approximate surface area is 160 Å². The van der Waals surface area contributed by atoms with Crippen LogP contribution < -0.4 is 9.47 Å². The number of rotatable bonds is 6. The highest BCUT2D eigenvalue weighted by molar-refractivity contribution is 5.85. The van der Waals surface area contributed by atoms with Crippen molar-refractivity contribution in [1.29, 1.82) is 0 Å². The minimum Gasteiger partial charge on any atom is -0.481 e. The summed E-state index contributed by atoms with van der Waals surface area (Å²) in [6, 6.07) is 9.68. The van der Waals surface area contributed by atoms with Gasteiger partial charge in [0, 0.05) is 30.3 Å². The molecule has 0 aliphatic carbocycles. The molecule has 8 heteroatoms. The monoisotopic (exact) mass is 378 g/mol. The van der Waals surface area contributed by atoms with Gasteiger partial charge in [-0.1, -0.05) is 6.07 Å². The Bertz CT molecular complexity index is 1130. The Morgan fingerprint density at radius 2 is 2.04 bits per heavy atom. The lowest BCUT2D eigenvalue weighted by atomic mass is 10.1. The molecule has 0 atom stereocenters. The number of ether oxygens (including phenoxy) is 2. The highest BCUT2D eigenvalue weighted by Crippen LogP contribution is 2.28. The predicted molar refractivity (Wildman–Crippen MR) is 101 cm³/mol. The van der Waals surface area contributed by atoms with Crippen LogP contribution in [0.1, 0.15) is 18.1 Å². The molecule has 0 bridgehead atoms. The van der Waals surface area contributed by atoms with E-state index in [4.69, 9.17) is 9.47 Å². The molecule has 0 unspecified atom stereocenters. The predicted octanol–water partition coefficient (Wildman–Crippen LogP) is 3.35. The Morgan fingerprint density at radius 3 is 2.82 bits per heavy atom. The van der Waals surface area contributed by atoms with Gasteiger partial charge in [0.15, 0.2) is 0 Å². The minimum atomic E-state index is -0.570. The van der Waals surface area contributed by atoms with Crippen LogP contribution in [0.15, 0.2) is 36.8 Å². The lowest BCUT2D eigenvalue weighted by Crippen LogP contribution is -2.00. The van der Waals surface area contributed by atoms with Gasteiger partial charge >= 0.3 is 0 Å². The maximum Gasteiger partial charge on any atom is 0.226 e. The van der Waals surface area contributed by atoms with E-state index in [9.17, 15) is 4.39 Å². The SMILES string of the molecule is CCOc1ncnc2[nH]cc(Cc3ccc(-c4[c]ccc(OC)n4)nc3F)c12. The molecule has 7 nitrogen and oxygen atoms in total. The molecule has 0 spiro atoms. The average Bonchev–Trinajstić information content (AvgIpc) is 3.13. The van der Waals surface area contributed by atoms with Gasteiger partial charge in [0.2, 0.25) is 17.7 Å². The number of hydrogen-bond donors (Lipinski definition) is 1. The lowest BCUT2D eigenvalue weighted by Gasteiger charge is -2.07. The zero-order valence-corrected chi connectivity index (χ0v) is 15.4. The van der Waals surface area contributed by atoms with E-state index in [-0.39, 0.29) is 0 Å². The van der Waals surface area contributed by atoms with Gasteiger partial charge in [-0.2, -0.15) is 4.39 Å². The van der Waals surface area contributed by atoms with Gasteiger partial charge in [-0.3, -0.25) is 0 Å². The molecule has 0 saturated heterocycles. The topological polar surface area (TPSA) is 85.8 Å². The summed E-state index contributed by atoms with van der Waals surface area (Å²) in [6.07, 6.45) is 3.54. The Morgan fingerprint density at radius 1 is 1.14 bits per heavy atom. The third-order valence-corrected chi connectivity index (χ3v) is 4.22. The van der Waals surface area contributed by atoms with E-state index in [0.717, 1.165) is 10.9 Å². The summed E-state index contributed by atoms with van der Waals surface area (Å²) in [4.78, 5) is 19.7. The smallest absolute Gasteiger partial charge is 0.226 e. The average molecular weight is 378 g/mol. The van der Waals surface area contributed by atoms with Crippen LogP contribution in [-0.4, -0.2) is 38.6 Å². The van der Waals surface area contributed by atoms with E-state index >= 15 is 0 Å². The molecule has 4 rings (SSSR count). The molecule has 0 saturated carbocycles. The first-order valence-corrected chi connectivity index (χ1v) is 8.72.